The first-order valence-electron chi connectivity index (χ1n) is 7.29. The lowest BCUT2D eigenvalue weighted by Gasteiger charge is -2.31. The summed E-state index contributed by atoms with van der Waals surface area (Å²) >= 11 is 0. The molecule has 0 bridgehead atoms. The fourth-order valence-corrected chi connectivity index (χ4v) is 2.61. The SMILES string of the molecule is CCc1noc([C@@H]2CCCN(C(=O)c3cccnc3)C2)n1. The van der Waals surface area contributed by atoms with Gasteiger partial charge in [-0.25, -0.2) is 0 Å². The van der Waals surface area contributed by atoms with Crippen LogP contribution in [-0.2, 0) is 6.42 Å². The fraction of sp³-hybridized carbons (Fsp3) is 0.467. The molecule has 1 atom stereocenters. The lowest BCUT2D eigenvalue weighted by molar-refractivity contribution is 0.0695. The Kier molecular flexibility index (Phi) is 3.94. The van der Waals surface area contributed by atoms with Gasteiger partial charge in [-0.2, -0.15) is 4.98 Å². The van der Waals surface area contributed by atoms with Crippen LogP contribution in [0.15, 0.2) is 29.0 Å². The minimum absolute atomic E-state index is 0.0167. The molecule has 2 aromatic rings. The number of aryl methyl sites for hydroxylation is 1. The molecule has 6 nitrogen and oxygen atoms in total. The summed E-state index contributed by atoms with van der Waals surface area (Å²) in [6, 6.07) is 3.57. The Balaban J connectivity index is 1.72. The molecule has 1 fully saturated rings. The highest BCUT2D eigenvalue weighted by atomic mass is 16.5. The van der Waals surface area contributed by atoms with Crippen molar-refractivity contribution in [2.45, 2.75) is 32.1 Å². The summed E-state index contributed by atoms with van der Waals surface area (Å²) in [5, 5.41) is 3.94. The average Bonchev–Trinajstić information content (AvgIpc) is 3.04. The van der Waals surface area contributed by atoms with E-state index in [9.17, 15) is 4.79 Å². The third kappa shape index (κ3) is 2.94. The molecule has 1 aliphatic rings. The zero-order valence-corrected chi connectivity index (χ0v) is 12.0. The maximum absolute atomic E-state index is 12.5. The number of rotatable bonds is 3. The number of piperidine rings is 1. The van der Waals surface area contributed by atoms with E-state index < -0.39 is 0 Å². The van der Waals surface area contributed by atoms with Gasteiger partial charge in [0.15, 0.2) is 5.82 Å². The minimum atomic E-state index is 0.0167. The predicted octanol–water partition coefficient (Wildman–Crippen LogP) is 2.05. The van der Waals surface area contributed by atoms with Gasteiger partial charge in [0.1, 0.15) is 0 Å². The maximum Gasteiger partial charge on any atom is 0.255 e. The summed E-state index contributed by atoms with van der Waals surface area (Å²) in [7, 11) is 0. The molecule has 1 aliphatic heterocycles. The van der Waals surface area contributed by atoms with Crippen molar-refractivity contribution < 1.29 is 9.32 Å². The van der Waals surface area contributed by atoms with Crippen molar-refractivity contribution in [3.63, 3.8) is 0 Å². The number of nitrogens with zero attached hydrogens (tertiary/aromatic N) is 4. The Hall–Kier alpha value is -2.24. The van der Waals surface area contributed by atoms with E-state index in [0.717, 1.165) is 31.6 Å². The topological polar surface area (TPSA) is 72.1 Å². The van der Waals surface area contributed by atoms with Crippen LogP contribution in [0, 0.1) is 0 Å². The maximum atomic E-state index is 12.5. The van der Waals surface area contributed by atoms with Crippen LogP contribution in [0.5, 0.6) is 0 Å². The number of pyridine rings is 1. The predicted molar refractivity (Wildman–Crippen MR) is 75.8 cm³/mol. The number of hydrogen-bond donors (Lipinski definition) is 0. The van der Waals surface area contributed by atoms with E-state index in [1.165, 1.54) is 0 Å². The van der Waals surface area contributed by atoms with E-state index in [1.807, 2.05) is 11.8 Å². The van der Waals surface area contributed by atoms with E-state index in [0.29, 0.717) is 18.0 Å². The second kappa shape index (κ2) is 6.03. The Morgan fingerprint density at radius 3 is 3.14 bits per heavy atom. The van der Waals surface area contributed by atoms with Gasteiger partial charge in [-0.15, -0.1) is 0 Å². The third-order valence-electron chi connectivity index (χ3n) is 3.77. The minimum Gasteiger partial charge on any atom is -0.339 e. The van der Waals surface area contributed by atoms with Gasteiger partial charge in [-0.05, 0) is 25.0 Å². The number of aromatic nitrogens is 3. The molecular formula is C15H18N4O2. The first-order valence-corrected chi connectivity index (χ1v) is 7.29. The molecule has 21 heavy (non-hydrogen) atoms. The van der Waals surface area contributed by atoms with Gasteiger partial charge in [-0.3, -0.25) is 9.78 Å². The van der Waals surface area contributed by atoms with Gasteiger partial charge in [0.05, 0.1) is 11.5 Å². The summed E-state index contributed by atoms with van der Waals surface area (Å²) in [6.07, 6.45) is 5.95. The molecule has 0 radical (unpaired) electrons. The summed E-state index contributed by atoms with van der Waals surface area (Å²) < 4.78 is 5.32. The summed E-state index contributed by atoms with van der Waals surface area (Å²) in [5.74, 6) is 1.52. The lowest BCUT2D eigenvalue weighted by Crippen LogP contribution is -2.39. The third-order valence-corrected chi connectivity index (χ3v) is 3.77. The van der Waals surface area contributed by atoms with Gasteiger partial charge >= 0.3 is 0 Å². The smallest absolute Gasteiger partial charge is 0.255 e. The van der Waals surface area contributed by atoms with Gasteiger partial charge in [-0.1, -0.05) is 12.1 Å². The van der Waals surface area contributed by atoms with Crippen LogP contribution in [0.4, 0.5) is 0 Å². The van der Waals surface area contributed by atoms with E-state index in [2.05, 4.69) is 15.1 Å². The van der Waals surface area contributed by atoms with Crippen molar-refractivity contribution >= 4 is 5.91 Å². The lowest BCUT2D eigenvalue weighted by atomic mass is 9.97. The van der Waals surface area contributed by atoms with E-state index in [1.54, 1.807) is 24.5 Å². The van der Waals surface area contributed by atoms with Gasteiger partial charge in [0.25, 0.3) is 5.91 Å². The van der Waals surface area contributed by atoms with Crippen molar-refractivity contribution in [1.82, 2.24) is 20.0 Å². The molecule has 0 unspecified atom stereocenters. The van der Waals surface area contributed by atoms with Crippen molar-refractivity contribution in [2.75, 3.05) is 13.1 Å². The van der Waals surface area contributed by atoms with Crippen LogP contribution in [0.3, 0.4) is 0 Å². The zero-order valence-electron chi connectivity index (χ0n) is 12.0. The van der Waals surface area contributed by atoms with Crippen LogP contribution in [0.25, 0.3) is 0 Å². The van der Waals surface area contributed by atoms with Crippen LogP contribution in [0.1, 0.15) is 47.8 Å². The molecule has 1 amide bonds. The monoisotopic (exact) mass is 286 g/mol. The van der Waals surface area contributed by atoms with Gasteiger partial charge in [0, 0.05) is 31.9 Å². The Morgan fingerprint density at radius 2 is 2.43 bits per heavy atom. The molecule has 3 rings (SSSR count). The van der Waals surface area contributed by atoms with E-state index in [-0.39, 0.29) is 11.8 Å². The number of carbonyl (C=O) groups is 1. The molecule has 6 heteroatoms. The molecule has 0 spiro atoms. The van der Waals surface area contributed by atoms with Crippen molar-refractivity contribution in [1.29, 1.82) is 0 Å². The first-order chi connectivity index (χ1) is 10.3. The summed E-state index contributed by atoms with van der Waals surface area (Å²) in [4.78, 5) is 22.7. The Labute approximate surface area is 123 Å². The van der Waals surface area contributed by atoms with Crippen molar-refractivity contribution in [3.8, 4) is 0 Å². The van der Waals surface area contributed by atoms with Crippen molar-refractivity contribution in [2.24, 2.45) is 0 Å². The van der Waals surface area contributed by atoms with Gasteiger partial charge < -0.3 is 9.42 Å². The standard InChI is InChI=1S/C15H18N4O2/c1-2-13-17-14(21-18-13)12-6-4-8-19(10-12)15(20)11-5-3-7-16-9-11/h3,5,7,9,12H,2,4,6,8,10H2,1H3/t12-/m1/s1. The second-order valence-electron chi connectivity index (χ2n) is 5.23. The Bertz CT molecular complexity index is 611. The van der Waals surface area contributed by atoms with Crippen LogP contribution < -0.4 is 0 Å². The molecule has 0 N–H and O–H groups in total. The zero-order chi connectivity index (χ0) is 14.7. The fourth-order valence-electron chi connectivity index (χ4n) is 2.61. The summed E-state index contributed by atoms with van der Waals surface area (Å²) in [6.45, 7) is 3.38. The number of amides is 1. The number of likely N-dealkylation sites (tertiary alicyclic amines) is 1. The number of hydrogen-bond acceptors (Lipinski definition) is 5. The molecule has 1 saturated heterocycles. The average molecular weight is 286 g/mol. The van der Waals surface area contributed by atoms with Crippen molar-refractivity contribution in [3.05, 3.63) is 41.8 Å². The van der Waals surface area contributed by atoms with E-state index in [4.69, 9.17) is 4.52 Å². The molecule has 0 saturated carbocycles. The van der Waals surface area contributed by atoms with Gasteiger partial charge in [0.2, 0.25) is 5.89 Å². The van der Waals surface area contributed by atoms with Crippen LogP contribution in [-0.4, -0.2) is 39.0 Å². The highest BCUT2D eigenvalue weighted by Gasteiger charge is 2.28. The molecular weight excluding hydrogens is 268 g/mol. The van der Waals surface area contributed by atoms with Crippen LogP contribution >= 0.6 is 0 Å². The molecule has 110 valence electrons. The highest BCUT2D eigenvalue weighted by molar-refractivity contribution is 5.93. The summed E-state index contributed by atoms with van der Waals surface area (Å²) in [5.41, 5.74) is 0.623. The largest absolute Gasteiger partial charge is 0.339 e. The normalized spacial score (nSPS) is 18.7. The first kappa shape index (κ1) is 13.7. The second-order valence-corrected chi connectivity index (χ2v) is 5.23. The molecule has 0 aromatic carbocycles. The Morgan fingerprint density at radius 1 is 1.52 bits per heavy atom. The van der Waals surface area contributed by atoms with Crippen LogP contribution in [0.2, 0.25) is 0 Å². The molecule has 3 heterocycles. The quantitative estimate of drug-likeness (QED) is 0.863. The van der Waals surface area contributed by atoms with E-state index >= 15 is 0 Å². The number of carbonyl (C=O) groups excluding carboxylic acids is 1. The molecule has 0 aliphatic carbocycles. The highest BCUT2D eigenvalue weighted by Crippen LogP contribution is 2.26. The molecule has 2 aromatic heterocycles.